The summed E-state index contributed by atoms with van der Waals surface area (Å²) in [5.41, 5.74) is 3.20. The zero-order valence-electron chi connectivity index (χ0n) is 22.4. The average molecular weight is 535 g/mol. The number of rotatable bonds is 0. The van der Waals surface area contributed by atoms with Crippen LogP contribution in [0, 0.1) is 27.7 Å². The van der Waals surface area contributed by atoms with Crippen molar-refractivity contribution in [2.45, 2.75) is 27.7 Å². The monoisotopic (exact) mass is 534 g/mol. The molecule has 8 heteroatoms. The molecule has 1 aliphatic rings. The molecule has 200 valence electrons. The van der Waals surface area contributed by atoms with Crippen molar-refractivity contribution in [3.8, 4) is 11.5 Å². The summed E-state index contributed by atoms with van der Waals surface area (Å²) in [4.78, 5) is 54.1. The minimum atomic E-state index is -0.748. The fourth-order valence-electron chi connectivity index (χ4n) is 4.60. The fourth-order valence-corrected chi connectivity index (χ4v) is 4.60. The molecule has 4 aromatic rings. The summed E-state index contributed by atoms with van der Waals surface area (Å²) in [5, 5.41) is 5.61. The van der Waals surface area contributed by atoms with Gasteiger partial charge in [0.2, 0.25) is 0 Å². The highest BCUT2D eigenvalue weighted by Crippen LogP contribution is 2.32. The number of esters is 2. The van der Waals surface area contributed by atoms with Crippen molar-refractivity contribution in [2.24, 2.45) is 0 Å². The number of carbonyl (C=O) groups excluding carboxylic acids is 4. The van der Waals surface area contributed by atoms with E-state index >= 15 is 0 Å². The number of nitrogens with one attached hydrogen (secondary N) is 2. The van der Waals surface area contributed by atoms with E-state index in [-0.39, 0.29) is 45.1 Å². The summed E-state index contributed by atoms with van der Waals surface area (Å²) < 4.78 is 11.6. The van der Waals surface area contributed by atoms with Gasteiger partial charge in [-0.05, 0) is 74.2 Å². The summed E-state index contributed by atoms with van der Waals surface area (Å²) in [6, 6.07) is 19.7. The lowest BCUT2D eigenvalue weighted by atomic mass is 10.0. The second kappa shape index (κ2) is 10.5. The number of ether oxygens (including phenoxy) is 2. The lowest BCUT2D eigenvalue weighted by Crippen LogP contribution is -2.23. The van der Waals surface area contributed by atoms with Gasteiger partial charge < -0.3 is 20.1 Å². The molecule has 0 bridgehead atoms. The number of fused-ring (bicyclic) bond motifs is 4. The van der Waals surface area contributed by atoms with Crippen LogP contribution in [-0.4, -0.2) is 23.8 Å². The van der Waals surface area contributed by atoms with Gasteiger partial charge in [-0.1, -0.05) is 48.5 Å². The number of hydrogen-bond acceptors (Lipinski definition) is 6. The summed E-state index contributed by atoms with van der Waals surface area (Å²) in [5.74, 6) is -2.51. The highest BCUT2D eigenvalue weighted by molar-refractivity contribution is 6.13. The van der Waals surface area contributed by atoms with Crippen molar-refractivity contribution in [3.05, 3.63) is 117 Å². The van der Waals surface area contributed by atoms with E-state index < -0.39 is 23.8 Å². The molecule has 0 spiro atoms. The van der Waals surface area contributed by atoms with Crippen molar-refractivity contribution < 1.29 is 28.7 Å². The van der Waals surface area contributed by atoms with Gasteiger partial charge in [0.1, 0.15) is 11.5 Å². The van der Waals surface area contributed by atoms with E-state index in [9.17, 15) is 19.2 Å². The van der Waals surface area contributed by atoms with Gasteiger partial charge in [-0.25, -0.2) is 9.59 Å². The van der Waals surface area contributed by atoms with Crippen LogP contribution in [0.15, 0.2) is 72.8 Å². The zero-order valence-corrected chi connectivity index (χ0v) is 22.4. The Kier molecular flexibility index (Phi) is 6.92. The average Bonchev–Trinajstić information content (AvgIpc) is 2.92. The Balaban J connectivity index is 1.73. The number of carbonyl (C=O) groups is 4. The second-order valence-electron chi connectivity index (χ2n) is 9.59. The van der Waals surface area contributed by atoms with Crippen molar-refractivity contribution >= 4 is 35.1 Å². The van der Waals surface area contributed by atoms with Gasteiger partial charge in [0.05, 0.1) is 33.6 Å². The standard InChI is InChI=1S/C32H26N2O6/c1-17-9-5-13-21-25(17)33-29(35)23-15-7-11-19(3)27(23)40-32(38)22-14-6-10-18(2)26(22)34-30(36)24-16-8-12-20(4)28(24)39-31(21)37/h5-16H,1-4H3,(H,33,35)(H,34,36). The number of para-hydroxylation sites is 4. The maximum atomic E-state index is 13.6. The van der Waals surface area contributed by atoms with Crippen molar-refractivity contribution in [3.63, 3.8) is 0 Å². The molecule has 1 heterocycles. The van der Waals surface area contributed by atoms with Crippen LogP contribution in [0.25, 0.3) is 0 Å². The molecule has 2 amide bonds. The molecule has 4 aromatic carbocycles. The third-order valence-corrected chi connectivity index (χ3v) is 6.77. The van der Waals surface area contributed by atoms with E-state index in [1.54, 1.807) is 76.2 Å². The fraction of sp³-hybridized carbons (Fsp3) is 0.125. The maximum Gasteiger partial charge on any atom is 0.345 e. The van der Waals surface area contributed by atoms with Crippen LogP contribution in [0.4, 0.5) is 11.4 Å². The summed E-state index contributed by atoms with van der Waals surface area (Å²) in [6.45, 7) is 6.92. The molecule has 0 radical (unpaired) electrons. The predicted octanol–water partition coefficient (Wildman–Crippen LogP) is 6.18. The van der Waals surface area contributed by atoms with Gasteiger partial charge >= 0.3 is 11.9 Å². The van der Waals surface area contributed by atoms with Gasteiger partial charge in [-0.15, -0.1) is 0 Å². The lowest BCUT2D eigenvalue weighted by molar-refractivity contribution is 0.0723. The molecule has 0 unspecified atom stereocenters. The molecule has 0 saturated heterocycles. The number of anilines is 2. The first-order valence-corrected chi connectivity index (χ1v) is 12.6. The van der Waals surface area contributed by atoms with E-state index in [0.29, 0.717) is 22.3 Å². The molecular formula is C32H26N2O6. The molecule has 1 aliphatic heterocycles. The minimum Gasteiger partial charge on any atom is -0.422 e. The van der Waals surface area contributed by atoms with Crippen LogP contribution in [0.5, 0.6) is 11.5 Å². The van der Waals surface area contributed by atoms with Crippen LogP contribution < -0.4 is 20.1 Å². The van der Waals surface area contributed by atoms with E-state index in [2.05, 4.69) is 10.6 Å². The number of aryl methyl sites for hydroxylation is 4. The second-order valence-corrected chi connectivity index (χ2v) is 9.59. The highest BCUT2D eigenvalue weighted by Gasteiger charge is 2.27. The topological polar surface area (TPSA) is 111 Å². The first kappa shape index (κ1) is 26.4. The molecular weight excluding hydrogens is 508 g/mol. The molecule has 0 atom stereocenters. The molecule has 40 heavy (non-hydrogen) atoms. The Morgan fingerprint density at radius 1 is 0.450 bits per heavy atom. The third-order valence-electron chi connectivity index (χ3n) is 6.77. The van der Waals surface area contributed by atoms with Crippen LogP contribution in [-0.2, 0) is 0 Å². The maximum absolute atomic E-state index is 13.6. The molecule has 5 rings (SSSR count). The SMILES string of the molecule is Cc1cccc2c1NC(=O)c1cccc(C)c1OC(=O)c1cccc(C)c1NC(=O)c1cccc(C)c1OC2=O. The van der Waals surface area contributed by atoms with Gasteiger partial charge in [0.25, 0.3) is 11.8 Å². The smallest absolute Gasteiger partial charge is 0.345 e. The van der Waals surface area contributed by atoms with Crippen molar-refractivity contribution in [1.82, 2.24) is 0 Å². The minimum absolute atomic E-state index is 0.0644. The molecule has 0 saturated carbocycles. The van der Waals surface area contributed by atoms with Crippen LogP contribution in [0.2, 0.25) is 0 Å². The highest BCUT2D eigenvalue weighted by atomic mass is 16.5. The number of amides is 2. The quantitative estimate of drug-likeness (QED) is 0.206. The van der Waals surface area contributed by atoms with Crippen LogP contribution >= 0.6 is 0 Å². The molecule has 0 aliphatic carbocycles. The van der Waals surface area contributed by atoms with Gasteiger partial charge in [0, 0.05) is 0 Å². The molecule has 0 aromatic heterocycles. The normalized spacial score (nSPS) is 13.5. The first-order valence-electron chi connectivity index (χ1n) is 12.6. The Hall–Kier alpha value is -5.24. The summed E-state index contributed by atoms with van der Waals surface area (Å²) >= 11 is 0. The van der Waals surface area contributed by atoms with E-state index in [1.807, 2.05) is 0 Å². The largest absolute Gasteiger partial charge is 0.422 e. The summed E-state index contributed by atoms with van der Waals surface area (Å²) in [6.07, 6.45) is 0. The van der Waals surface area contributed by atoms with Crippen molar-refractivity contribution in [2.75, 3.05) is 10.6 Å². The van der Waals surface area contributed by atoms with E-state index in [4.69, 9.17) is 9.47 Å². The number of hydrogen-bond donors (Lipinski definition) is 2. The van der Waals surface area contributed by atoms with E-state index in [1.165, 1.54) is 24.3 Å². The van der Waals surface area contributed by atoms with Crippen LogP contribution in [0.1, 0.15) is 63.7 Å². The molecule has 0 fully saturated rings. The lowest BCUT2D eigenvalue weighted by Gasteiger charge is -2.19. The summed E-state index contributed by atoms with van der Waals surface area (Å²) in [7, 11) is 0. The van der Waals surface area contributed by atoms with E-state index in [0.717, 1.165) is 0 Å². The molecule has 2 N–H and O–H groups in total. The van der Waals surface area contributed by atoms with Crippen molar-refractivity contribution in [1.29, 1.82) is 0 Å². The van der Waals surface area contributed by atoms with Gasteiger partial charge in [-0.3, -0.25) is 9.59 Å². The van der Waals surface area contributed by atoms with Crippen LogP contribution in [0.3, 0.4) is 0 Å². The third kappa shape index (κ3) is 4.82. The zero-order chi connectivity index (χ0) is 28.6. The Morgan fingerprint density at radius 2 is 0.775 bits per heavy atom. The van der Waals surface area contributed by atoms with Gasteiger partial charge in [-0.2, -0.15) is 0 Å². The Morgan fingerprint density at radius 3 is 1.15 bits per heavy atom. The Labute approximate surface area is 230 Å². The molecule has 8 nitrogen and oxygen atoms in total. The first-order chi connectivity index (χ1) is 19.2. The number of benzene rings is 4. The predicted molar refractivity (Wildman–Crippen MR) is 151 cm³/mol. The van der Waals surface area contributed by atoms with Gasteiger partial charge in [0.15, 0.2) is 0 Å². The Bertz CT molecular complexity index is 1470.